The molecule has 0 aliphatic carbocycles. The van der Waals surface area contributed by atoms with Crippen molar-refractivity contribution in [2.24, 2.45) is 0 Å². The van der Waals surface area contributed by atoms with Crippen LogP contribution in [0.15, 0.2) is 85.1 Å². The Labute approximate surface area is 217 Å². The number of nitrogens with zero attached hydrogens (tertiary/aromatic N) is 2. The quantitative estimate of drug-likeness (QED) is 0.271. The summed E-state index contributed by atoms with van der Waals surface area (Å²) < 4.78 is 10.2. The van der Waals surface area contributed by atoms with Gasteiger partial charge in [0.25, 0.3) is 5.91 Å². The van der Waals surface area contributed by atoms with Crippen LogP contribution in [0.2, 0.25) is 0 Å². The molecule has 1 aliphatic heterocycles. The van der Waals surface area contributed by atoms with Gasteiger partial charge in [0, 0.05) is 29.6 Å². The van der Waals surface area contributed by atoms with E-state index >= 15 is 0 Å². The van der Waals surface area contributed by atoms with E-state index in [2.05, 4.69) is 56.9 Å². The van der Waals surface area contributed by atoms with Gasteiger partial charge in [0.1, 0.15) is 17.1 Å². The van der Waals surface area contributed by atoms with Gasteiger partial charge in [-0.05, 0) is 68.5 Å². The highest BCUT2D eigenvalue weighted by Gasteiger charge is 2.29. The summed E-state index contributed by atoms with van der Waals surface area (Å²) >= 11 is 0. The summed E-state index contributed by atoms with van der Waals surface area (Å²) in [6.45, 7) is 5.58. The molecule has 5 heteroatoms. The summed E-state index contributed by atoms with van der Waals surface area (Å²) in [6.07, 6.45) is 5.26. The van der Waals surface area contributed by atoms with Gasteiger partial charge in [-0.25, -0.2) is 0 Å². The summed E-state index contributed by atoms with van der Waals surface area (Å²) in [4.78, 5) is 14.0. The number of rotatable bonds is 6. The van der Waals surface area contributed by atoms with Crippen molar-refractivity contribution in [3.8, 4) is 28.1 Å². The predicted molar refractivity (Wildman–Crippen MR) is 149 cm³/mol. The zero-order chi connectivity index (χ0) is 25.4. The summed E-state index contributed by atoms with van der Waals surface area (Å²) in [5.74, 6) is 0.730. The third-order valence-electron chi connectivity index (χ3n) is 7.18. The normalized spacial score (nSPS) is 12.9. The number of ether oxygens (including phenoxy) is 1. The molecule has 5 nitrogen and oxygen atoms in total. The van der Waals surface area contributed by atoms with Crippen molar-refractivity contribution in [3.05, 3.63) is 102 Å². The number of hydrogen-bond acceptors (Lipinski definition) is 2. The van der Waals surface area contributed by atoms with Gasteiger partial charge in [-0.1, -0.05) is 60.2 Å². The van der Waals surface area contributed by atoms with Crippen molar-refractivity contribution in [2.75, 3.05) is 11.9 Å². The molecule has 1 amide bonds. The van der Waals surface area contributed by atoms with E-state index in [4.69, 9.17) is 4.74 Å². The molecule has 6 rings (SSSR count). The lowest BCUT2D eigenvalue weighted by molar-refractivity contribution is 0.102. The molecule has 3 aromatic carbocycles. The fraction of sp³-hybridized carbons (Fsp3) is 0.219. The van der Waals surface area contributed by atoms with Gasteiger partial charge in [-0.15, -0.1) is 0 Å². The number of hydrogen-bond donors (Lipinski definition) is 1. The van der Waals surface area contributed by atoms with Crippen molar-refractivity contribution in [1.82, 2.24) is 8.97 Å². The second-order valence-electron chi connectivity index (χ2n) is 9.66. The van der Waals surface area contributed by atoms with E-state index in [9.17, 15) is 4.79 Å². The molecule has 0 spiro atoms. The molecule has 0 saturated carbocycles. The number of benzene rings is 3. The first-order chi connectivity index (χ1) is 18.1. The molecule has 37 heavy (non-hydrogen) atoms. The minimum absolute atomic E-state index is 0.105. The first kappa shape index (κ1) is 23.2. The Morgan fingerprint density at radius 2 is 1.68 bits per heavy atom. The van der Waals surface area contributed by atoms with Crippen molar-refractivity contribution < 1.29 is 9.53 Å². The molecule has 5 aromatic rings. The van der Waals surface area contributed by atoms with E-state index in [1.54, 1.807) is 0 Å². The molecule has 0 atom stereocenters. The molecule has 1 N–H and O–H groups in total. The third kappa shape index (κ3) is 4.20. The number of nitrogens with one attached hydrogen (secondary N) is 1. The van der Waals surface area contributed by atoms with Crippen molar-refractivity contribution in [3.63, 3.8) is 0 Å². The lowest BCUT2D eigenvalue weighted by atomic mass is 9.97. The van der Waals surface area contributed by atoms with Crippen molar-refractivity contribution >= 4 is 17.2 Å². The Hall–Kier alpha value is -4.25. The van der Waals surface area contributed by atoms with Gasteiger partial charge in [-0.2, -0.15) is 0 Å². The molecule has 1 aliphatic rings. The number of aryl methyl sites for hydroxylation is 3. The number of imidazole rings is 1. The smallest absolute Gasteiger partial charge is 0.273 e. The highest BCUT2D eigenvalue weighted by molar-refractivity contribution is 6.10. The number of carbonyl (C=O) groups excluding carboxylic acids is 1. The van der Waals surface area contributed by atoms with E-state index < -0.39 is 0 Å². The van der Waals surface area contributed by atoms with Gasteiger partial charge < -0.3 is 14.6 Å². The maximum Gasteiger partial charge on any atom is 0.273 e. The van der Waals surface area contributed by atoms with Crippen LogP contribution in [-0.4, -0.2) is 21.5 Å². The van der Waals surface area contributed by atoms with Gasteiger partial charge in [0.2, 0.25) is 0 Å². The molecular formula is C32H31N3O2. The number of anilines is 1. The molecule has 0 saturated heterocycles. The first-order valence-electron chi connectivity index (χ1n) is 13.1. The third-order valence-corrected chi connectivity index (χ3v) is 7.18. The average molecular weight is 490 g/mol. The van der Waals surface area contributed by atoms with Crippen LogP contribution in [0.3, 0.4) is 0 Å². The predicted octanol–water partition coefficient (Wildman–Crippen LogP) is 7.37. The molecular weight excluding hydrogens is 458 g/mol. The van der Waals surface area contributed by atoms with Crippen LogP contribution in [-0.2, 0) is 13.0 Å². The number of amides is 1. The van der Waals surface area contributed by atoms with Gasteiger partial charge in [0.05, 0.1) is 12.3 Å². The fourth-order valence-corrected chi connectivity index (χ4v) is 5.47. The lowest BCUT2D eigenvalue weighted by Crippen LogP contribution is -2.15. The number of aromatic nitrogens is 2. The summed E-state index contributed by atoms with van der Waals surface area (Å²) in [5.41, 5.74) is 9.32. The number of carbonyl (C=O) groups is 1. The zero-order valence-corrected chi connectivity index (χ0v) is 21.3. The van der Waals surface area contributed by atoms with E-state index in [0.717, 1.165) is 70.8 Å². The van der Waals surface area contributed by atoms with E-state index in [0.29, 0.717) is 12.3 Å². The largest absolute Gasteiger partial charge is 0.494 e. The Morgan fingerprint density at radius 1 is 0.919 bits per heavy atom. The molecule has 186 valence electrons. The van der Waals surface area contributed by atoms with Crippen LogP contribution in [0.5, 0.6) is 5.75 Å². The van der Waals surface area contributed by atoms with Gasteiger partial charge in [-0.3, -0.25) is 9.20 Å². The molecule has 0 radical (unpaired) electrons. The van der Waals surface area contributed by atoms with E-state index in [1.807, 2.05) is 56.3 Å². The highest BCUT2D eigenvalue weighted by atomic mass is 16.5. The zero-order valence-electron chi connectivity index (χ0n) is 21.3. The van der Waals surface area contributed by atoms with Crippen LogP contribution < -0.4 is 10.1 Å². The second-order valence-corrected chi connectivity index (χ2v) is 9.66. The maximum atomic E-state index is 14.0. The summed E-state index contributed by atoms with van der Waals surface area (Å²) in [5, 5.41) is 3.17. The Bertz CT molecular complexity index is 1560. The molecule has 0 fully saturated rings. The highest BCUT2D eigenvalue weighted by Crippen LogP contribution is 2.40. The minimum atomic E-state index is -0.105. The Kier molecular flexibility index (Phi) is 6.05. The molecule has 0 unspecified atom stereocenters. The Balaban J connectivity index is 1.57. The SMILES string of the molecule is CCOc1ccc(-c2c3c4n(c(-c5ccccc5)cn4c2C(=O)Nc2ccc(C)cc2)CCCC3)cc1. The maximum absolute atomic E-state index is 14.0. The van der Waals surface area contributed by atoms with Crippen molar-refractivity contribution in [2.45, 2.75) is 39.7 Å². The monoisotopic (exact) mass is 489 g/mol. The first-order valence-corrected chi connectivity index (χ1v) is 13.1. The van der Waals surface area contributed by atoms with Gasteiger partial charge in [0.15, 0.2) is 0 Å². The standard InChI is InChI=1S/C32H31N3O2/c1-3-37-26-18-14-24(15-19-26)29-27-11-7-8-20-34-28(23-9-5-4-6-10-23)21-35(32(27)34)30(29)31(36)33-25-16-12-22(2)13-17-25/h4-6,9-10,12-19,21H,3,7-8,11,20H2,1-2H3,(H,33,36). The van der Waals surface area contributed by atoms with Crippen LogP contribution >= 0.6 is 0 Å². The fourth-order valence-electron chi connectivity index (χ4n) is 5.47. The van der Waals surface area contributed by atoms with E-state index in [-0.39, 0.29) is 5.91 Å². The summed E-state index contributed by atoms with van der Waals surface area (Å²) in [7, 11) is 0. The topological polar surface area (TPSA) is 47.7 Å². The molecule has 3 heterocycles. The average Bonchev–Trinajstić information content (AvgIpc) is 3.34. The lowest BCUT2D eigenvalue weighted by Gasteiger charge is -2.11. The van der Waals surface area contributed by atoms with Gasteiger partial charge >= 0.3 is 0 Å². The summed E-state index contributed by atoms with van der Waals surface area (Å²) in [6, 6.07) is 26.6. The Morgan fingerprint density at radius 3 is 2.41 bits per heavy atom. The van der Waals surface area contributed by atoms with Crippen LogP contribution in [0.1, 0.15) is 41.4 Å². The van der Waals surface area contributed by atoms with Crippen LogP contribution in [0.25, 0.3) is 28.0 Å². The van der Waals surface area contributed by atoms with Crippen molar-refractivity contribution in [1.29, 1.82) is 0 Å². The molecule has 2 aromatic heterocycles. The second kappa shape index (κ2) is 9.66. The van der Waals surface area contributed by atoms with Crippen LogP contribution in [0.4, 0.5) is 5.69 Å². The van der Waals surface area contributed by atoms with E-state index in [1.165, 1.54) is 5.56 Å². The molecule has 0 bridgehead atoms. The minimum Gasteiger partial charge on any atom is -0.494 e. The van der Waals surface area contributed by atoms with Crippen LogP contribution in [0, 0.1) is 6.92 Å².